The number of piperidine rings is 1. The van der Waals surface area contributed by atoms with Crippen molar-refractivity contribution in [3.63, 3.8) is 0 Å². The Kier molecular flexibility index (Phi) is 3.56. The molecule has 0 bridgehead atoms. The van der Waals surface area contributed by atoms with Gasteiger partial charge in [-0.15, -0.1) is 0 Å². The van der Waals surface area contributed by atoms with Crippen LogP contribution in [0.4, 0.5) is 5.82 Å². The van der Waals surface area contributed by atoms with Crippen LogP contribution in [0.5, 0.6) is 0 Å². The predicted molar refractivity (Wildman–Crippen MR) is 68.2 cm³/mol. The number of aromatic amines is 1. The number of anilines is 1. The number of aryl methyl sites for hydroxylation is 1. The van der Waals surface area contributed by atoms with Crippen LogP contribution in [0.15, 0.2) is 0 Å². The van der Waals surface area contributed by atoms with Gasteiger partial charge in [0, 0.05) is 25.9 Å². The Morgan fingerprint density at radius 3 is 2.89 bits per heavy atom. The highest BCUT2D eigenvalue weighted by atomic mass is 16.5. The van der Waals surface area contributed by atoms with Crippen molar-refractivity contribution in [2.45, 2.75) is 26.4 Å². The van der Waals surface area contributed by atoms with Crippen LogP contribution < -0.4 is 5.73 Å². The van der Waals surface area contributed by atoms with Crippen LogP contribution in [-0.4, -0.2) is 47.3 Å². The number of aromatic nitrogens is 2. The van der Waals surface area contributed by atoms with Crippen LogP contribution >= 0.6 is 0 Å². The first-order valence-corrected chi connectivity index (χ1v) is 6.17. The number of carbonyl (C=O) groups excluding carboxylic acids is 1. The molecule has 1 aromatic rings. The van der Waals surface area contributed by atoms with Crippen molar-refractivity contribution in [3.8, 4) is 0 Å². The van der Waals surface area contributed by atoms with E-state index in [0.29, 0.717) is 23.7 Å². The van der Waals surface area contributed by atoms with E-state index in [0.717, 1.165) is 13.0 Å². The summed E-state index contributed by atoms with van der Waals surface area (Å²) in [7, 11) is 1.69. The maximum Gasteiger partial charge on any atom is 0.259 e. The number of nitrogens with two attached hydrogens (primary N) is 1. The van der Waals surface area contributed by atoms with Gasteiger partial charge >= 0.3 is 0 Å². The molecule has 1 amide bonds. The van der Waals surface area contributed by atoms with Crippen LogP contribution in [0, 0.1) is 12.8 Å². The van der Waals surface area contributed by atoms with E-state index in [1.165, 1.54) is 0 Å². The zero-order valence-corrected chi connectivity index (χ0v) is 11.1. The van der Waals surface area contributed by atoms with Crippen LogP contribution in [0.3, 0.4) is 0 Å². The van der Waals surface area contributed by atoms with Gasteiger partial charge in [0.25, 0.3) is 5.91 Å². The molecule has 0 spiro atoms. The number of carbonyl (C=O) groups is 1. The van der Waals surface area contributed by atoms with E-state index in [-0.39, 0.29) is 17.8 Å². The second kappa shape index (κ2) is 4.97. The molecule has 1 aliphatic rings. The van der Waals surface area contributed by atoms with Crippen LogP contribution in [0.2, 0.25) is 0 Å². The van der Waals surface area contributed by atoms with E-state index in [2.05, 4.69) is 17.1 Å². The molecular weight excluding hydrogens is 232 g/mol. The van der Waals surface area contributed by atoms with E-state index < -0.39 is 0 Å². The number of ether oxygens (including phenoxy) is 1. The topological polar surface area (TPSA) is 84.2 Å². The molecule has 1 saturated heterocycles. The number of nitrogen functional groups attached to an aromatic ring is 1. The molecule has 3 N–H and O–H groups in total. The average molecular weight is 252 g/mol. The lowest BCUT2D eigenvalue weighted by Crippen LogP contribution is -2.46. The third kappa shape index (κ3) is 2.20. The number of hydrogen-bond donors (Lipinski definition) is 2. The van der Waals surface area contributed by atoms with Gasteiger partial charge in [-0.25, -0.2) is 0 Å². The molecule has 0 radical (unpaired) electrons. The number of likely N-dealkylation sites (tertiary alicyclic amines) is 1. The first kappa shape index (κ1) is 12.9. The summed E-state index contributed by atoms with van der Waals surface area (Å²) in [5.41, 5.74) is 6.92. The highest BCUT2D eigenvalue weighted by Gasteiger charge is 2.31. The molecule has 2 rings (SSSR count). The Balaban J connectivity index is 2.15. The summed E-state index contributed by atoms with van der Waals surface area (Å²) in [6.45, 7) is 5.30. The second-order valence-corrected chi connectivity index (χ2v) is 4.90. The highest BCUT2D eigenvalue weighted by Crippen LogP contribution is 2.23. The third-order valence-electron chi connectivity index (χ3n) is 3.67. The minimum absolute atomic E-state index is 0.0623. The monoisotopic (exact) mass is 252 g/mol. The number of nitrogens with zero attached hydrogens (tertiary/aromatic N) is 2. The Morgan fingerprint density at radius 2 is 2.33 bits per heavy atom. The lowest BCUT2D eigenvalue weighted by Gasteiger charge is -2.36. The van der Waals surface area contributed by atoms with Gasteiger partial charge in [0.05, 0.1) is 6.10 Å². The van der Waals surface area contributed by atoms with Gasteiger partial charge in [0.15, 0.2) is 5.82 Å². The van der Waals surface area contributed by atoms with Crippen LogP contribution in [0.25, 0.3) is 0 Å². The molecule has 2 unspecified atom stereocenters. The van der Waals surface area contributed by atoms with Crippen molar-refractivity contribution in [2.75, 3.05) is 25.9 Å². The van der Waals surface area contributed by atoms with E-state index in [1.807, 2.05) is 0 Å². The zero-order valence-electron chi connectivity index (χ0n) is 11.1. The standard InChI is InChI=1S/C12H20N4O2/c1-7-4-5-16(6-9(7)18-3)12(17)10-8(2)14-15-11(10)13/h7,9H,4-6H2,1-3H3,(H3,13,14,15). The number of rotatable bonds is 2. The van der Waals surface area contributed by atoms with Crippen molar-refractivity contribution in [2.24, 2.45) is 5.92 Å². The van der Waals surface area contributed by atoms with Gasteiger partial charge in [-0.3, -0.25) is 9.89 Å². The molecule has 0 aliphatic carbocycles. The normalized spacial score (nSPS) is 24.3. The first-order valence-electron chi connectivity index (χ1n) is 6.17. The maximum atomic E-state index is 12.4. The first-order chi connectivity index (χ1) is 8.54. The fourth-order valence-electron chi connectivity index (χ4n) is 2.40. The molecule has 1 aromatic heterocycles. The molecule has 6 heteroatoms. The molecule has 2 atom stereocenters. The van der Waals surface area contributed by atoms with Crippen molar-refractivity contribution in [3.05, 3.63) is 11.3 Å². The summed E-state index contributed by atoms with van der Waals surface area (Å²) < 4.78 is 5.41. The van der Waals surface area contributed by atoms with Crippen molar-refractivity contribution < 1.29 is 9.53 Å². The lowest BCUT2D eigenvalue weighted by atomic mass is 9.95. The van der Waals surface area contributed by atoms with Gasteiger partial charge in [-0.05, 0) is 19.3 Å². The van der Waals surface area contributed by atoms with Gasteiger partial charge in [0.2, 0.25) is 0 Å². The SMILES string of the molecule is COC1CN(C(=O)c2c(N)n[nH]c2C)CCC1C. The summed E-state index contributed by atoms with van der Waals surface area (Å²) in [5.74, 6) is 0.680. The van der Waals surface area contributed by atoms with E-state index in [9.17, 15) is 4.79 Å². The molecule has 2 heterocycles. The number of H-pyrrole nitrogens is 1. The van der Waals surface area contributed by atoms with Crippen LogP contribution in [-0.2, 0) is 4.74 Å². The summed E-state index contributed by atoms with van der Waals surface area (Å²) in [5, 5.41) is 6.60. The molecule has 0 saturated carbocycles. The molecule has 6 nitrogen and oxygen atoms in total. The minimum atomic E-state index is -0.0623. The highest BCUT2D eigenvalue weighted by molar-refractivity contribution is 5.99. The molecule has 100 valence electrons. The molecule has 0 aromatic carbocycles. The van der Waals surface area contributed by atoms with Gasteiger partial charge in [0.1, 0.15) is 5.56 Å². The van der Waals surface area contributed by atoms with E-state index in [1.54, 1.807) is 18.9 Å². The summed E-state index contributed by atoms with van der Waals surface area (Å²) in [4.78, 5) is 14.2. The summed E-state index contributed by atoms with van der Waals surface area (Å²) in [6, 6.07) is 0. The molecule has 1 fully saturated rings. The smallest absolute Gasteiger partial charge is 0.259 e. The largest absolute Gasteiger partial charge is 0.382 e. The molecular formula is C12H20N4O2. The Hall–Kier alpha value is -1.56. The maximum absolute atomic E-state index is 12.4. The van der Waals surface area contributed by atoms with Gasteiger partial charge in [-0.1, -0.05) is 6.92 Å². The fraction of sp³-hybridized carbons (Fsp3) is 0.667. The summed E-state index contributed by atoms with van der Waals surface area (Å²) in [6.07, 6.45) is 1.04. The summed E-state index contributed by atoms with van der Waals surface area (Å²) >= 11 is 0. The van der Waals surface area contributed by atoms with Gasteiger partial charge < -0.3 is 15.4 Å². The number of amides is 1. The number of nitrogens with one attached hydrogen (secondary N) is 1. The van der Waals surface area contributed by atoms with E-state index >= 15 is 0 Å². The number of methoxy groups -OCH3 is 1. The average Bonchev–Trinajstić information content (AvgIpc) is 2.69. The van der Waals surface area contributed by atoms with Crippen LogP contribution in [0.1, 0.15) is 29.4 Å². The quantitative estimate of drug-likeness (QED) is 0.815. The van der Waals surface area contributed by atoms with Crippen molar-refractivity contribution in [1.82, 2.24) is 15.1 Å². The Labute approximate surface area is 106 Å². The lowest BCUT2D eigenvalue weighted by molar-refractivity contribution is -0.00155. The number of hydrogen-bond acceptors (Lipinski definition) is 4. The third-order valence-corrected chi connectivity index (χ3v) is 3.67. The van der Waals surface area contributed by atoms with Crippen molar-refractivity contribution in [1.29, 1.82) is 0 Å². The minimum Gasteiger partial charge on any atom is -0.382 e. The fourth-order valence-corrected chi connectivity index (χ4v) is 2.40. The predicted octanol–water partition coefficient (Wildman–Crippen LogP) is 0.797. The second-order valence-electron chi connectivity index (χ2n) is 4.90. The van der Waals surface area contributed by atoms with Gasteiger partial charge in [-0.2, -0.15) is 5.10 Å². The Bertz CT molecular complexity index is 424. The molecule has 18 heavy (non-hydrogen) atoms. The Morgan fingerprint density at radius 1 is 1.61 bits per heavy atom. The van der Waals surface area contributed by atoms with Crippen molar-refractivity contribution >= 4 is 11.7 Å². The zero-order chi connectivity index (χ0) is 13.3. The molecule has 1 aliphatic heterocycles. The van der Waals surface area contributed by atoms with E-state index in [4.69, 9.17) is 10.5 Å².